The summed E-state index contributed by atoms with van der Waals surface area (Å²) in [6, 6.07) is 13.3. The number of aryl methyl sites for hydroxylation is 1. The number of thioether (sulfide) groups is 1. The first kappa shape index (κ1) is 21.2. The SMILES string of the molecule is Cc1cc(Cl)ccc1N=C1NC(=O)/C(=C/c2ccc(-c3ccc(Cl)c(C(=O)O)c3)o2)S1. The van der Waals surface area contributed by atoms with Crippen molar-refractivity contribution in [3.63, 3.8) is 0 Å². The number of furan rings is 1. The number of carbonyl (C=O) groups is 2. The molecule has 1 aliphatic heterocycles. The smallest absolute Gasteiger partial charge is 0.337 e. The molecule has 2 heterocycles. The molecule has 6 nitrogen and oxygen atoms in total. The Labute approximate surface area is 191 Å². The Balaban J connectivity index is 1.57. The molecule has 9 heteroatoms. The molecule has 3 aromatic rings. The molecule has 0 saturated carbocycles. The van der Waals surface area contributed by atoms with E-state index in [1.807, 2.05) is 6.92 Å². The number of benzene rings is 2. The number of rotatable bonds is 4. The lowest BCUT2D eigenvalue weighted by Crippen LogP contribution is -2.19. The number of amidine groups is 1. The van der Waals surface area contributed by atoms with Gasteiger partial charge in [0.2, 0.25) is 0 Å². The summed E-state index contributed by atoms with van der Waals surface area (Å²) in [5.41, 5.74) is 2.16. The quantitative estimate of drug-likeness (QED) is 0.444. The molecule has 1 amide bonds. The second kappa shape index (κ2) is 8.63. The topological polar surface area (TPSA) is 91.9 Å². The van der Waals surface area contributed by atoms with Crippen LogP contribution in [0.3, 0.4) is 0 Å². The number of aliphatic imine (C=N–C) groups is 1. The Morgan fingerprint density at radius 1 is 1.16 bits per heavy atom. The van der Waals surface area contributed by atoms with Crippen LogP contribution in [0.15, 0.2) is 62.8 Å². The highest BCUT2D eigenvalue weighted by molar-refractivity contribution is 8.18. The molecule has 1 saturated heterocycles. The lowest BCUT2D eigenvalue weighted by Gasteiger charge is -2.02. The van der Waals surface area contributed by atoms with Crippen LogP contribution in [0.2, 0.25) is 10.0 Å². The summed E-state index contributed by atoms with van der Waals surface area (Å²) in [5.74, 6) is -0.501. The van der Waals surface area contributed by atoms with Crippen LogP contribution < -0.4 is 5.32 Å². The van der Waals surface area contributed by atoms with Crippen molar-refractivity contribution in [3.05, 3.63) is 80.4 Å². The molecule has 0 spiro atoms. The second-order valence-corrected chi connectivity index (χ2v) is 8.49. The van der Waals surface area contributed by atoms with Gasteiger partial charge in [0.05, 0.1) is 21.2 Å². The van der Waals surface area contributed by atoms with Crippen LogP contribution in [0.1, 0.15) is 21.7 Å². The summed E-state index contributed by atoms with van der Waals surface area (Å²) in [6.45, 7) is 1.89. The average molecular weight is 473 g/mol. The van der Waals surface area contributed by atoms with Crippen LogP contribution in [0.5, 0.6) is 0 Å². The van der Waals surface area contributed by atoms with E-state index in [0.717, 1.165) is 5.56 Å². The number of carboxylic acids is 1. The zero-order valence-corrected chi connectivity index (χ0v) is 18.3. The van der Waals surface area contributed by atoms with E-state index in [2.05, 4.69) is 10.3 Å². The van der Waals surface area contributed by atoms with E-state index in [1.54, 1.807) is 42.5 Å². The van der Waals surface area contributed by atoms with Gasteiger partial charge in [0.1, 0.15) is 11.5 Å². The van der Waals surface area contributed by atoms with Gasteiger partial charge in [0, 0.05) is 16.7 Å². The Kier molecular flexibility index (Phi) is 5.91. The Morgan fingerprint density at radius 2 is 1.97 bits per heavy atom. The maximum absolute atomic E-state index is 12.3. The molecule has 4 rings (SSSR count). The lowest BCUT2D eigenvalue weighted by molar-refractivity contribution is -0.115. The van der Waals surface area contributed by atoms with Crippen LogP contribution in [0.25, 0.3) is 17.4 Å². The third kappa shape index (κ3) is 4.69. The average Bonchev–Trinajstić information content (AvgIpc) is 3.31. The van der Waals surface area contributed by atoms with Crippen LogP contribution in [0, 0.1) is 6.92 Å². The maximum atomic E-state index is 12.3. The number of carboxylic acid groups (broad SMARTS) is 1. The van der Waals surface area contributed by atoms with Crippen molar-refractivity contribution in [1.29, 1.82) is 0 Å². The summed E-state index contributed by atoms with van der Waals surface area (Å²) in [4.78, 5) is 28.5. The first-order valence-electron chi connectivity index (χ1n) is 8.99. The van der Waals surface area contributed by atoms with E-state index in [0.29, 0.717) is 37.9 Å². The standard InChI is InChI=1S/C22H14Cl2N2O4S/c1-11-8-13(23)3-6-17(11)25-22-26-20(27)19(31-22)10-14-4-7-18(30-14)12-2-5-16(24)15(9-12)21(28)29/h2-10H,1H3,(H,28,29)(H,25,26,27)/b19-10-. The number of nitrogens with one attached hydrogen (secondary N) is 1. The zero-order valence-electron chi connectivity index (χ0n) is 16.0. The van der Waals surface area contributed by atoms with Crippen LogP contribution >= 0.6 is 35.0 Å². The molecule has 0 aliphatic carbocycles. The normalized spacial score (nSPS) is 16.2. The highest BCUT2D eigenvalue weighted by Crippen LogP contribution is 2.32. The van der Waals surface area contributed by atoms with Gasteiger partial charge in [-0.2, -0.15) is 0 Å². The molecule has 1 aliphatic rings. The predicted octanol–water partition coefficient (Wildman–Crippen LogP) is 6.15. The Morgan fingerprint density at radius 3 is 2.71 bits per heavy atom. The summed E-state index contributed by atoms with van der Waals surface area (Å²) in [5, 5.41) is 13.2. The highest BCUT2D eigenvalue weighted by Gasteiger charge is 2.24. The number of hydrogen-bond donors (Lipinski definition) is 2. The predicted molar refractivity (Wildman–Crippen MR) is 123 cm³/mol. The third-order valence-corrected chi connectivity index (χ3v) is 5.89. The van der Waals surface area contributed by atoms with Gasteiger partial charge in [-0.3, -0.25) is 4.79 Å². The lowest BCUT2D eigenvalue weighted by atomic mass is 10.1. The summed E-state index contributed by atoms with van der Waals surface area (Å²) < 4.78 is 5.78. The van der Waals surface area contributed by atoms with Crippen molar-refractivity contribution < 1.29 is 19.1 Å². The number of halogens is 2. The van der Waals surface area contributed by atoms with Gasteiger partial charge in [0.15, 0.2) is 5.17 Å². The van der Waals surface area contributed by atoms with Gasteiger partial charge < -0.3 is 14.8 Å². The molecular weight excluding hydrogens is 459 g/mol. The molecule has 0 bridgehead atoms. The maximum Gasteiger partial charge on any atom is 0.337 e. The molecule has 1 aromatic heterocycles. The summed E-state index contributed by atoms with van der Waals surface area (Å²) in [7, 11) is 0. The number of aromatic carboxylic acids is 1. The number of hydrogen-bond acceptors (Lipinski definition) is 5. The van der Waals surface area contributed by atoms with E-state index in [4.69, 9.17) is 27.6 Å². The Bertz CT molecular complexity index is 1280. The van der Waals surface area contributed by atoms with Gasteiger partial charge in [-0.25, -0.2) is 9.79 Å². The molecule has 0 atom stereocenters. The molecule has 2 N–H and O–H groups in total. The van der Waals surface area contributed by atoms with Gasteiger partial charge >= 0.3 is 5.97 Å². The summed E-state index contributed by atoms with van der Waals surface area (Å²) >= 11 is 13.1. The van der Waals surface area contributed by atoms with Crippen LogP contribution in [0.4, 0.5) is 5.69 Å². The Hall–Kier alpha value is -3.00. The largest absolute Gasteiger partial charge is 0.478 e. The fourth-order valence-corrected chi connectivity index (χ4v) is 4.13. The van der Waals surface area contributed by atoms with Gasteiger partial charge in [-0.15, -0.1) is 0 Å². The fraction of sp³-hybridized carbons (Fsp3) is 0.0455. The van der Waals surface area contributed by atoms with Crippen molar-refractivity contribution in [3.8, 4) is 11.3 Å². The van der Waals surface area contributed by atoms with E-state index < -0.39 is 5.97 Å². The van der Waals surface area contributed by atoms with E-state index in [9.17, 15) is 14.7 Å². The molecule has 2 aromatic carbocycles. The van der Waals surface area contributed by atoms with E-state index in [1.165, 1.54) is 23.9 Å². The fourth-order valence-electron chi connectivity index (χ4n) is 2.89. The monoisotopic (exact) mass is 472 g/mol. The van der Waals surface area contributed by atoms with Gasteiger partial charge in [0.25, 0.3) is 5.91 Å². The molecule has 156 valence electrons. The molecule has 31 heavy (non-hydrogen) atoms. The second-order valence-electron chi connectivity index (χ2n) is 6.61. The minimum atomic E-state index is -1.12. The van der Waals surface area contributed by atoms with E-state index in [-0.39, 0.29) is 16.5 Å². The van der Waals surface area contributed by atoms with Crippen molar-refractivity contribution in [2.75, 3.05) is 0 Å². The minimum Gasteiger partial charge on any atom is -0.478 e. The highest BCUT2D eigenvalue weighted by atomic mass is 35.5. The van der Waals surface area contributed by atoms with Crippen molar-refractivity contribution in [2.24, 2.45) is 4.99 Å². The van der Waals surface area contributed by atoms with Crippen LogP contribution in [-0.4, -0.2) is 22.2 Å². The van der Waals surface area contributed by atoms with Crippen molar-refractivity contribution in [2.45, 2.75) is 6.92 Å². The van der Waals surface area contributed by atoms with Gasteiger partial charge in [-0.1, -0.05) is 23.2 Å². The first-order valence-corrected chi connectivity index (χ1v) is 10.6. The number of amides is 1. The molecule has 0 radical (unpaired) electrons. The van der Waals surface area contributed by atoms with E-state index >= 15 is 0 Å². The van der Waals surface area contributed by atoms with Gasteiger partial charge in [-0.05, 0) is 72.8 Å². The minimum absolute atomic E-state index is 0.0143. The third-order valence-electron chi connectivity index (χ3n) is 4.41. The first-order chi connectivity index (χ1) is 14.8. The van der Waals surface area contributed by atoms with Crippen molar-refractivity contribution in [1.82, 2.24) is 5.32 Å². The summed E-state index contributed by atoms with van der Waals surface area (Å²) in [6.07, 6.45) is 1.61. The van der Waals surface area contributed by atoms with Crippen molar-refractivity contribution >= 4 is 63.8 Å². The number of nitrogens with zero attached hydrogens (tertiary/aromatic N) is 1. The molecular formula is C22H14Cl2N2O4S. The number of carbonyl (C=O) groups excluding carboxylic acids is 1. The molecule has 0 unspecified atom stereocenters. The zero-order chi connectivity index (χ0) is 22.1. The van der Waals surface area contributed by atoms with Crippen LogP contribution in [-0.2, 0) is 4.79 Å². The molecule has 1 fully saturated rings.